The van der Waals surface area contributed by atoms with E-state index in [1.54, 1.807) is 0 Å². The van der Waals surface area contributed by atoms with Gasteiger partial charge in [-0.25, -0.2) is 17.2 Å². The number of hydrogen-bond acceptors (Lipinski definition) is 5. The molecule has 5 nitrogen and oxygen atoms in total. The Kier molecular flexibility index (Phi) is 6.95. The molecule has 26 heavy (non-hydrogen) atoms. The summed E-state index contributed by atoms with van der Waals surface area (Å²) in [5.74, 6) is -1.32. The van der Waals surface area contributed by atoms with Crippen LogP contribution in [0.15, 0.2) is 18.2 Å². The van der Waals surface area contributed by atoms with Crippen LogP contribution in [-0.2, 0) is 10.7 Å². The molecule has 0 aliphatic carbocycles. The van der Waals surface area contributed by atoms with Crippen molar-refractivity contribution in [3.63, 3.8) is 0 Å². The summed E-state index contributed by atoms with van der Waals surface area (Å²) < 4.78 is 48.9. The van der Waals surface area contributed by atoms with Gasteiger partial charge in [-0.15, -0.1) is 0 Å². The Morgan fingerprint density at radius 1 is 1.31 bits per heavy atom. The third kappa shape index (κ3) is 5.56. The minimum absolute atomic E-state index is 0.00716. The third-order valence-corrected chi connectivity index (χ3v) is 8.00. The molecule has 1 saturated heterocycles. The molecule has 1 aliphatic heterocycles. The minimum Gasteiger partial charge on any atom is -0.379 e. The van der Waals surface area contributed by atoms with Crippen molar-refractivity contribution in [3.8, 4) is 0 Å². The van der Waals surface area contributed by atoms with Gasteiger partial charge in [-0.05, 0) is 24.5 Å². The molecule has 1 aromatic carbocycles. The summed E-state index contributed by atoms with van der Waals surface area (Å²) in [5, 5.41) is 13.2. The zero-order valence-electron chi connectivity index (χ0n) is 15.3. The number of halogens is 2. The van der Waals surface area contributed by atoms with Gasteiger partial charge in [-0.1, -0.05) is 25.7 Å². The lowest BCUT2D eigenvalue weighted by Crippen LogP contribution is -2.66. The van der Waals surface area contributed by atoms with E-state index in [9.17, 15) is 22.3 Å². The van der Waals surface area contributed by atoms with E-state index in [2.05, 4.69) is 5.32 Å². The first-order valence-electron chi connectivity index (χ1n) is 8.65. The quantitative estimate of drug-likeness (QED) is 0.366. The SMILES string of the molecule is C[Si](C)(C)C(O)([CH]c1ccc(F)cc1F)NC1CCN(C[SH](=O)=O)CC1. The highest BCUT2D eigenvalue weighted by Gasteiger charge is 2.44. The molecule has 1 unspecified atom stereocenters. The van der Waals surface area contributed by atoms with E-state index >= 15 is 0 Å². The number of piperidine rings is 1. The Labute approximate surface area is 156 Å². The van der Waals surface area contributed by atoms with E-state index in [-0.39, 0.29) is 17.5 Å². The normalized spacial score (nSPS) is 19.7. The third-order valence-electron chi connectivity index (χ3n) is 4.80. The van der Waals surface area contributed by atoms with Crippen molar-refractivity contribution < 1.29 is 22.3 Å². The van der Waals surface area contributed by atoms with Crippen LogP contribution in [0.4, 0.5) is 8.78 Å². The lowest BCUT2D eigenvalue weighted by Gasteiger charge is -2.44. The van der Waals surface area contributed by atoms with Gasteiger partial charge in [0.15, 0.2) is 10.7 Å². The van der Waals surface area contributed by atoms with Crippen molar-refractivity contribution >= 4 is 18.8 Å². The molecule has 9 heteroatoms. The minimum atomic E-state index is -2.44. The molecule has 1 fully saturated rings. The van der Waals surface area contributed by atoms with Gasteiger partial charge < -0.3 is 5.11 Å². The van der Waals surface area contributed by atoms with Gasteiger partial charge in [0.25, 0.3) is 0 Å². The second-order valence-electron chi connectivity index (χ2n) is 7.84. The van der Waals surface area contributed by atoms with E-state index in [0.717, 1.165) is 6.07 Å². The number of benzene rings is 1. The number of hydrogen-bond donors (Lipinski definition) is 3. The van der Waals surface area contributed by atoms with Gasteiger partial charge >= 0.3 is 0 Å². The van der Waals surface area contributed by atoms with E-state index < -0.39 is 35.8 Å². The molecule has 2 rings (SSSR count). The van der Waals surface area contributed by atoms with Crippen LogP contribution < -0.4 is 5.32 Å². The number of likely N-dealkylation sites (tertiary alicyclic amines) is 1. The van der Waals surface area contributed by atoms with Gasteiger partial charge in [-0.2, -0.15) is 0 Å². The molecular formula is C17H27F2N2O3SSi. The van der Waals surface area contributed by atoms with Gasteiger partial charge in [0.05, 0.1) is 5.88 Å². The fourth-order valence-corrected chi connectivity index (χ4v) is 4.85. The van der Waals surface area contributed by atoms with Crippen molar-refractivity contribution in [1.82, 2.24) is 10.2 Å². The zero-order valence-corrected chi connectivity index (χ0v) is 17.2. The number of nitrogens with one attached hydrogen (secondary N) is 1. The topological polar surface area (TPSA) is 69.6 Å². The molecule has 1 heterocycles. The van der Waals surface area contributed by atoms with Gasteiger partial charge in [-0.3, -0.25) is 10.2 Å². The second-order valence-corrected chi connectivity index (χ2v) is 14.0. The van der Waals surface area contributed by atoms with Crippen molar-refractivity contribution in [2.24, 2.45) is 0 Å². The number of nitrogens with zero attached hydrogens (tertiary/aromatic N) is 1. The van der Waals surface area contributed by atoms with E-state index in [4.69, 9.17) is 0 Å². The van der Waals surface area contributed by atoms with Crippen molar-refractivity contribution in [3.05, 3.63) is 41.8 Å². The summed E-state index contributed by atoms with van der Waals surface area (Å²) in [6.45, 7) is 7.14. The number of aliphatic hydroxyl groups is 1. The number of rotatable bonds is 7. The number of thiol groups is 1. The molecule has 0 spiro atoms. The highest BCUT2D eigenvalue weighted by atomic mass is 32.2. The van der Waals surface area contributed by atoms with Crippen LogP contribution in [-0.4, -0.2) is 56.9 Å². The average molecular weight is 406 g/mol. The molecule has 0 saturated carbocycles. The lowest BCUT2D eigenvalue weighted by molar-refractivity contribution is 0.0818. The maximum atomic E-state index is 14.1. The van der Waals surface area contributed by atoms with Crippen molar-refractivity contribution in [2.45, 2.75) is 43.9 Å². The highest BCUT2D eigenvalue weighted by Crippen LogP contribution is 2.28. The molecule has 1 radical (unpaired) electrons. The first kappa shape index (κ1) is 21.4. The summed E-state index contributed by atoms with van der Waals surface area (Å²) >= 11 is 0. The molecule has 147 valence electrons. The predicted molar refractivity (Wildman–Crippen MR) is 101 cm³/mol. The smallest absolute Gasteiger partial charge is 0.153 e. The van der Waals surface area contributed by atoms with Crippen LogP contribution in [0.1, 0.15) is 18.4 Å². The lowest BCUT2D eigenvalue weighted by atomic mass is 10.0. The van der Waals surface area contributed by atoms with Crippen LogP contribution in [0, 0.1) is 18.1 Å². The van der Waals surface area contributed by atoms with E-state index in [1.807, 2.05) is 24.5 Å². The van der Waals surface area contributed by atoms with Crippen LogP contribution in [0.3, 0.4) is 0 Å². The Bertz CT molecular complexity index is 696. The van der Waals surface area contributed by atoms with E-state index in [0.29, 0.717) is 25.9 Å². The van der Waals surface area contributed by atoms with Gasteiger partial charge in [0.2, 0.25) is 0 Å². The van der Waals surface area contributed by atoms with Gasteiger partial charge in [0, 0.05) is 31.6 Å². The predicted octanol–water partition coefficient (Wildman–Crippen LogP) is 1.71. The summed E-state index contributed by atoms with van der Waals surface area (Å²) in [4.78, 5) is 1.86. The zero-order chi connectivity index (χ0) is 19.5. The Balaban J connectivity index is 2.10. The summed E-state index contributed by atoms with van der Waals surface area (Å²) in [7, 11) is -4.68. The summed E-state index contributed by atoms with van der Waals surface area (Å²) in [6.07, 6.45) is 2.83. The van der Waals surface area contributed by atoms with Crippen LogP contribution >= 0.6 is 0 Å². The maximum Gasteiger partial charge on any atom is 0.153 e. The molecule has 1 atom stereocenters. The molecular weight excluding hydrogens is 378 g/mol. The van der Waals surface area contributed by atoms with Crippen molar-refractivity contribution in [1.29, 1.82) is 0 Å². The standard InChI is InChI=1S/C17H27F2N2O3SSi/c1-26(2,3)17(22,11-13-4-5-14(18)10-16(13)19)20-15-6-8-21(9-7-15)12-25(23)24/h4-5,10-11,15,20,22,25H,6-9,12H2,1-3H3. The largest absolute Gasteiger partial charge is 0.379 e. The first-order valence-corrected chi connectivity index (χ1v) is 13.5. The average Bonchev–Trinajstić information content (AvgIpc) is 2.50. The Morgan fingerprint density at radius 3 is 2.42 bits per heavy atom. The first-order chi connectivity index (χ1) is 12.0. The second kappa shape index (κ2) is 8.43. The molecule has 1 aromatic rings. The van der Waals surface area contributed by atoms with Crippen molar-refractivity contribution in [2.75, 3.05) is 19.0 Å². The molecule has 0 aromatic heterocycles. The van der Waals surface area contributed by atoms with Crippen LogP contribution in [0.25, 0.3) is 0 Å². The Morgan fingerprint density at radius 2 is 1.92 bits per heavy atom. The fraction of sp³-hybridized carbons (Fsp3) is 0.588. The monoisotopic (exact) mass is 405 g/mol. The summed E-state index contributed by atoms with van der Waals surface area (Å²) in [5.41, 5.74) is 0.157. The van der Waals surface area contributed by atoms with E-state index in [1.165, 1.54) is 18.6 Å². The maximum absolute atomic E-state index is 14.1. The Hall–Kier alpha value is -0.873. The van der Waals surface area contributed by atoms with Crippen LogP contribution in [0.2, 0.25) is 19.6 Å². The fourth-order valence-electron chi connectivity index (χ4n) is 3.01. The summed E-state index contributed by atoms with van der Waals surface area (Å²) in [6, 6.07) is 3.29. The van der Waals surface area contributed by atoms with Crippen LogP contribution in [0.5, 0.6) is 0 Å². The molecule has 1 aliphatic rings. The molecule has 0 amide bonds. The molecule has 0 bridgehead atoms. The van der Waals surface area contributed by atoms with Gasteiger partial charge in [0.1, 0.15) is 25.1 Å². The highest BCUT2D eigenvalue weighted by molar-refractivity contribution is 7.72. The molecule has 2 N–H and O–H groups in total.